The quantitative estimate of drug-likeness (QED) is 0.672. The van der Waals surface area contributed by atoms with Gasteiger partial charge in [0.15, 0.2) is 0 Å². The summed E-state index contributed by atoms with van der Waals surface area (Å²) in [4.78, 5) is 18.6. The lowest BCUT2D eigenvalue weighted by Gasteiger charge is -2.14. The summed E-state index contributed by atoms with van der Waals surface area (Å²) in [5.74, 6) is 0.101. The molecule has 100 valence electrons. The van der Waals surface area contributed by atoms with Crippen molar-refractivity contribution in [1.82, 2.24) is 9.97 Å². The van der Waals surface area contributed by atoms with Gasteiger partial charge in [0.05, 0.1) is 22.2 Å². The first kappa shape index (κ1) is 13.4. The van der Waals surface area contributed by atoms with Crippen LogP contribution in [0.15, 0.2) is 24.5 Å². The molecule has 2 rings (SSSR count). The van der Waals surface area contributed by atoms with Gasteiger partial charge in [-0.15, -0.1) is 0 Å². The summed E-state index contributed by atoms with van der Waals surface area (Å²) < 4.78 is 0. The fourth-order valence-corrected chi connectivity index (χ4v) is 1.81. The molecule has 1 atom stereocenters. The lowest BCUT2D eigenvalue weighted by Crippen LogP contribution is -2.18. The molecule has 0 radical (unpaired) electrons. The third-order valence-corrected chi connectivity index (χ3v) is 3.08. The highest BCUT2D eigenvalue weighted by atomic mass is 16.6. The van der Waals surface area contributed by atoms with Crippen LogP contribution in [0.25, 0.3) is 10.9 Å². The SMILES string of the molecule is CC(C)C(O)Cc1ncnc2ccc([N+](=O)[O-])cc12. The molecule has 0 saturated carbocycles. The van der Waals surface area contributed by atoms with Crippen LogP contribution in [-0.4, -0.2) is 26.1 Å². The lowest BCUT2D eigenvalue weighted by atomic mass is 10.00. The smallest absolute Gasteiger partial charge is 0.270 e. The van der Waals surface area contributed by atoms with E-state index in [1.54, 1.807) is 6.07 Å². The van der Waals surface area contributed by atoms with Crippen molar-refractivity contribution in [2.75, 3.05) is 0 Å². The Morgan fingerprint density at radius 1 is 1.37 bits per heavy atom. The van der Waals surface area contributed by atoms with Crippen LogP contribution in [0, 0.1) is 16.0 Å². The molecule has 1 aromatic carbocycles. The maximum absolute atomic E-state index is 10.8. The Morgan fingerprint density at radius 2 is 2.11 bits per heavy atom. The van der Waals surface area contributed by atoms with Crippen LogP contribution < -0.4 is 0 Å². The Morgan fingerprint density at radius 3 is 2.74 bits per heavy atom. The number of nitrogens with zero attached hydrogens (tertiary/aromatic N) is 3. The highest BCUT2D eigenvalue weighted by Gasteiger charge is 2.15. The molecule has 0 fully saturated rings. The van der Waals surface area contributed by atoms with Crippen LogP contribution in [0.4, 0.5) is 5.69 Å². The Bertz CT molecular complexity index is 613. The number of nitro benzene ring substituents is 1. The van der Waals surface area contributed by atoms with Gasteiger partial charge in [-0.05, 0) is 12.0 Å². The molecule has 1 aromatic heterocycles. The highest BCUT2D eigenvalue weighted by Crippen LogP contribution is 2.22. The average Bonchev–Trinajstić information content (AvgIpc) is 2.38. The van der Waals surface area contributed by atoms with Crippen LogP contribution in [0.1, 0.15) is 19.5 Å². The molecular formula is C13H15N3O3. The van der Waals surface area contributed by atoms with Crippen molar-refractivity contribution in [2.24, 2.45) is 5.92 Å². The second-order valence-electron chi connectivity index (χ2n) is 4.79. The van der Waals surface area contributed by atoms with E-state index >= 15 is 0 Å². The van der Waals surface area contributed by atoms with Gasteiger partial charge in [0.25, 0.3) is 5.69 Å². The minimum atomic E-state index is -0.530. The zero-order valence-corrected chi connectivity index (χ0v) is 10.8. The van der Waals surface area contributed by atoms with Crippen molar-refractivity contribution in [3.63, 3.8) is 0 Å². The van der Waals surface area contributed by atoms with Crippen LogP contribution in [0.5, 0.6) is 0 Å². The first-order valence-electron chi connectivity index (χ1n) is 6.05. The normalized spacial score (nSPS) is 12.8. The minimum Gasteiger partial charge on any atom is -0.392 e. The molecular weight excluding hydrogens is 246 g/mol. The molecule has 0 aliphatic rings. The van der Waals surface area contributed by atoms with E-state index in [0.717, 1.165) is 0 Å². The summed E-state index contributed by atoms with van der Waals surface area (Å²) in [7, 11) is 0. The minimum absolute atomic E-state index is 0.00240. The Kier molecular flexibility index (Phi) is 3.71. The standard InChI is InChI=1S/C13H15N3O3/c1-8(2)13(17)6-12-10-5-9(16(18)19)3-4-11(10)14-7-15-12/h3-5,7-8,13,17H,6H2,1-2H3. The summed E-state index contributed by atoms with van der Waals surface area (Å²) in [5, 5.41) is 21.3. The van der Waals surface area contributed by atoms with E-state index in [-0.39, 0.29) is 11.6 Å². The number of fused-ring (bicyclic) bond motifs is 1. The van der Waals surface area contributed by atoms with Crippen molar-refractivity contribution in [1.29, 1.82) is 0 Å². The van der Waals surface area contributed by atoms with Crippen molar-refractivity contribution in [3.8, 4) is 0 Å². The first-order chi connectivity index (χ1) is 8.99. The van der Waals surface area contributed by atoms with Crippen molar-refractivity contribution >= 4 is 16.6 Å². The molecule has 0 bridgehead atoms. The fourth-order valence-electron chi connectivity index (χ4n) is 1.81. The molecule has 0 saturated heterocycles. The lowest BCUT2D eigenvalue weighted by molar-refractivity contribution is -0.384. The van der Waals surface area contributed by atoms with Gasteiger partial charge in [-0.25, -0.2) is 9.97 Å². The zero-order chi connectivity index (χ0) is 14.0. The molecule has 0 spiro atoms. The van der Waals surface area contributed by atoms with Crippen LogP contribution in [0.2, 0.25) is 0 Å². The third-order valence-electron chi connectivity index (χ3n) is 3.08. The number of benzene rings is 1. The maximum atomic E-state index is 10.8. The number of rotatable bonds is 4. The highest BCUT2D eigenvalue weighted by molar-refractivity contribution is 5.83. The first-order valence-corrected chi connectivity index (χ1v) is 6.05. The summed E-state index contributed by atoms with van der Waals surface area (Å²) in [6.07, 6.45) is 1.24. The van der Waals surface area contributed by atoms with E-state index in [4.69, 9.17) is 0 Å². The van der Waals surface area contributed by atoms with Crippen LogP contribution in [-0.2, 0) is 6.42 Å². The van der Waals surface area contributed by atoms with Gasteiger partial charge in [0.2, 0.25) is 0 Å². The molecule has 6 nitrogen and oxygen atoms in total. The van der Waals surface area contributed by atoms with Crippen molar-refractivity contribution in [3.05, 3.63) is 40.3 Å². The number of aromatic nitrogens is 2. The Labute approximate surface area is 110 Å². The predicted molar refractivity (Wildman–Crippen MR) is 70.7 cm³/mol. The second kappa shape index (κ2) is 5.27. The van der Waals surface area contributed by atoms with Gasteiger partial charge in [0, 0.05) is 23.9 Å². The summed E-state index contributed by atoms with van der Waals surface area (Å²) in [6.45, 7) is 3.83. The van der Waals surface area contributed by atoms with E-state index in [2.05, 4.69) is 9.97 Å². The van der Waals surface area contributed by atoms with Crippen LogP contribution in [0.3, 0.4) is 0 Å². The van der Waals surface area contributed by atoms with Gasteiger partial charge in [0.1, 0.15) is 6.33 Å². The summed E-state index contributed by atoms with van der Waals surface area (Å²) in [6, 6.07) is 4.47. The number of aliphatic hydroxyl groups excluding tert-OH is 1. The van der Waals surface area contributed by atoms with Gasteiger partial charge >= 0.3 is 0 Å². The molecule has 6 heteroatoms. The predicted octanol–water partition coefficient (Wildman–Crippen LogP) is 2.10. The van der Waals surface area contributed by atoms with E-state index in [1.165, 1.54) is 18.5 Å². The number of nitro groups is 1. The molecule has 1 unspecified atom stereocenters. The maximum Gasteiger partial charge on any atom is 0.270 e. The van der Waals surface area contributed by atoms with E-state index < -0.39 is 11.0 Å². The summed E-state index contributed by atoms with van der Waals surface area (Å²) >= 11 is 0. The molecule has 0 amide bonds. The molecule has 1 heterocycles. The van der Waals surface area contributed by atoms with Crippen LogP contribution >= 0.6 is 0 Å². The van der Waals surface area contributed by atoms with Crippen molar-refractivity contribution in [2.45, 2.75) is 26.4 Å². The number of hydrogen-bond acceptors (Lipinski definition) is 5. The van der Waals surface area contributed by atoms with E-state index in [9.17, 15) is 15.2 Å². The second-order valence-corrected chi connectivity index (χ2v) is 4.79. The molecule has 0 aliphatic heterocycles. The Balaban J connectivity index is 2.48. The monoisotopic (exact) mass is 261 g/mol. The molecule has 1 N–H and O–H groups in total. The van der Waals surface area contributed by atoms with Crippen molar-refractivity contribution < 1.29 is 10.0 Å². The molecule has 0 aliphatic carbocycles. The van der Waals surface area contributed by atoms with Gasteiger partial charge in [-0.3, -0.25) is 10.1 Å². The summed E-state index contributed by atoms with van der Waals surface area (Å²) in [5.41, 5.74) is 1.28. The number of non-ortho nitro benzene ring substituents is 1. The molecule has 2 aromatic rings. The largest absolute Gasteiger partial charge is 0.392 e. The van der Waals surface area contributed by atoms with Gasteiger partial charge in [-0.1, -0.05) is 13.8 Å². The average molecular weight is 261 g/mol. The van der Waals surface area contributed by atoms with E-state index in [1.807, 2.05) is 13.8 Å². The van der Waals surface area contributed by atoms with Gasteiger partial charge in [-0.2, -0.15) is 0 Å². The van der Waals surface area contributed by atoms with E-state index in [0.29, 0.717) is 23.0 Å². The van der Waals surface area contributed by atoms with Gasteiger partial charge < -0.3 is 5.11 Å². The molecule has 19 heavy (non-hydrogen) atoms. The number of hydrogen-bond donors (Lipinski definition) is 1. The zero-order valence-electron chi connectivity index (χ0n) is 10.8. The topological polar surface area (TPSA) is 89.2 Å². The number of aliphatic hydroxyl groups is 1. The fraction of sp³-hybridized carbons (Fsp3) is 0.385. The third kappa shape index (κ3) is 2.85. The Hall–Kier alpha value is -2.08.